The summed E-state index contributed by atoms with van der Waals surface area (Å²) >= 11 is 5.90. The number of benzene rings is 1. The molecule has 22 heavy (non-hydrogen) atoms. The zero-order valence-electron chi connectivity index (χ0n) is 12.0. The topological polar surface area (TPSA) is 53.3 Å². The Bertz CT molecular complexity index is 694. The van der Waals surface area contributed by atoms with Crippen LogP contribution in [0.4, 0.5) is 0 Å². The molecule has 1 unspecified atom stereocenters. The van der Waals surface area contributed by atoms with Gasteiger partial charge in [0, 0.05) is 18.1 Å². The van der Waals surface area contributed by atoms with Crippen molar-refractivity contribution in [3.63, 3.8) is 0 Å². The van der Waals surface area contributed by atoms with Crippen molar-refractivity contribution < 1.29 is 9.53 Å². The van der Waals surface area contributed by atoms with E-state index < -0.39 is 12.1 Å². The SMILES string of the molecule is C=C(c1ccc(Cl)cc1)C1OC(=O)C(C#N)=C1N1CCCC1. The molecule has 2 heterocycles. The van der Waals surface area contributed by atoms with Gasteiger partial charge in [0.2, 0.25) is 0 Å². The van der Waals surface area contributed by atoms with Crippen LogP contribution in [0.25, 0.3) is 5.57 Å². The summed E-state index contributed by atoms with van der Waals surface area (Å²) in [6.07, 6.45) is 1.51. The fraction of sp³-hybridized carbons (Fsp3) is 0.294. The molecule has 3 rings (SSSR count). The van der Waals surface area contributed by atoms with Gasteiger partial charge in [-0.05, 0) is 36.1 Å². The average Bonchev–Trinajstić information content (AvgIpc) is 3.14. The third kappa shape index (κ3) is 2.49. The molecule has 0 spiro atoms. The Morgan fingerprint density at radius 2 is 1.95 bits per heavy atom. The van der Waals surface area contributed by atoms with Crippen LogP contribution in [-0.4, -0.2) is 30.1 Å². The molecule has 4 nitrogen and oxygen atoms in total. The van der Waals surface area contributed by atoms with Gasteiger partial charge in [-0.25, -0.2) is 4.79 Å². The molecule has 0 saturated carbocycles. The van der Waals surface area contributed by atoms with E-state index in [1.165, 1.54) is 0 Å². The lowest BCUT2D eigenvalue weighted by Gasteiger charge is -2.25. The van der Waals surface area contributed by atoms with E-state index in [1.807, 2.05) is 18.2 Å². The van der Waals surface area contributed by atoms with E-state index >= 15 is 0 Å². The van der Waals surface area contributed by atoms with Gasteiger partial charge in [0.1, 0.15) is 6.07 Å². The fourth-order valence-corrected chi connectivity index (χ4v) is 3.02. The molecule has 5 heteroatoms. The number of nitrogens with zero attached hydrogens (tertiary/aromatic N) is 2. The summed E-state index contributed by atoms with van der Waals surface area (Å²) in [7, 11) is 0. The van der Waals surface area contributed by atoms with Gasteiger partial charge in [0.25, 0.3) is 0 Å². The maximum absolute atomic E-state index is 12.0. The summed E-state index contributed by atoms with van der Waals surface area (Å²) < 4.78 is 5.43. The van der Waals surface area contributed by atoms with Gasteiger partial charge in [-0.15, -0.1) is 0 Å². The molecular formula is C17H15ClN2O2. The minimum Gasteiger partial charge on any atom is -0.447 e. The van der Waals surface area contributed by atoms with Crippen molar-refractivity contribution >= 4 is 23.1 Å². The van der Waals surface area contributed by atoms with E-state index in [2.05, 4.69) is 11.5 Å². The number of rotatable bonds is 3. The molecule has 0 aromatic heterocycles. The second kappa shape index (κ2) is 5.86. The van der Waals surface area contributed by atoms with Gasteiger partial charge in [-0.2, -0.15) is 5.26 Å². The summed E-state index contributed by atoms with van der Waals surface area (Å²) in [4.78, 5) is 14.0. The third-order valence-electron chi connectivity index (χ3n) is 4.02. The molecule has 1 fully saturated rings. The van der Waals surface area contributed by atoms with E-state index in [9.17, 15) is 10.1 Å². The highest BCUT2D eigenvalue weighted by Gasteiger charge is 2.40. The normalized spacial score (nSPS) is 21.0. The van der Waals surface area contributed by atoms with E-state index in [-0.39, 0.29) is 5.57 Å². The van der Waals surface area contributed by atoms with Crippen LogP contribution in [0.3, 0.4) is 0 Å². The molecule has 1 aromatic rings. The van der Waals surface area contributed by atoms with Crippen LogP contribution in [0, 0.1) is 11.3 Å². The predicted molar refractivity (Wildman–Crippen MR) is 83.8 cm³/mol. The fourth-order valence-electron chi connectivity index (χ4n) is 2.89. The maximum Gasteiger partial charge on any atom is 0.351 e. The van der Waals surface area contributed by atoms with Gasteiger partial charge in [0.05, 0.1) is 5.70 Å². The van der Waals surface area contributed by atoms with Crippen LogP contribution in [0.2, 0.25) is 5.02 Å². The van der Waals surface area contributed by atoms with Gasteiger partial charge < -0.3 is 9.64 Å². The Balaban J connectivity index is 1.97. The number of carbonyl (C=O) groups excluding carboxylic acids is 1. The second-order valence-corrected chi connectivity index (χ2v) is 5.82. The van der Waals surface area contributed by atoms with Crippen LogP contribution in [0.5, 0.6) is 0 Å². The number of hydrogen-bond acceptors (Lipinski definition) is 4. The van der Waals surface area contributed by atoms with Gasteiger partial charge >= 0.3 is 5.97 Å². The molecule has 0 radical (unpaired) electrons. The van der Waals surface area contributed by atoms with Crippen molar-refractivity contribution in [1.82, 2.24) is 4.90 Å². The molecule has 2 aliphatic heterocycles. The summed E-state index contributed by atoms with van der Waals surface area (Å²) in [5.74, 6) is -0.565. The molecule has 0 aliphatic carbocycles. The molecule has 0 bridgehead atoms. The van der Waals surface area contributed by atoms with Crippen molar-refractivity contribution in [2.45, 2.75) is 18.9 Å². The van der Waals surface area contributed by atoms with Crippen LogP contribution in [-0.2, 0) is 9.53 Å². The molecule has 2 aliphatic rings. The Morgan fingerprint density at radius 1 is 1.32 bits per heavy atom. The number of cyclic esters (lactones) is 1. The van der Waals surface area contributed by atoms with Gasteiger partial charge in [-0.3, -0.25) is 0 Å². The monoisotopic (exact) mass is 314 g/mol. The number of likely N-dealkylation sites (tertiary alicyclic amines) is 1. The molecule has 112 valence electrons. The third-order valence-corrected chi connectivity index (χ3v) is 4.28. The number of nitriles is 1. The molecular weight excluding hydrogens is 300 g/mol. The quantitative estimate of drug-likeness (QED) is 0.804. The lowest BCUT2D eigenvalue weighted by Crippen LogP contribution is -2.27. The Morgan fingerprint density at radius 3 is 2.55 bits per heavy atom. The van der Waals surface area contributed by atoms with Crippen molar-refractivity contribution in [3.05, 3.63) is 52.7 Å². The molecule has 0 amide bonds. The highest BCUT2D eigenvalue weighted by atomic mass is 35.5. The number of esters is 1. The van der Waals surface area contributed by atoms with Crippen molar-refractivity contribution in [3.8, 4) is 6.07 Å². The van der Waals surface area contributed by atoms with E-state index in [0.717, 1.165) is 31.5 Å². The van der Waals surface area contributed by atoms with Crippen molar-refractivity contribution in [2.24, 2.45) is 0 Å². The predicted octanol–water partition coefficient (Wildman–Crippen LogP) is 3.15. The van der Waals surface area contributed by atoms with E-state index in [4.69, 9.17) is 16.3 Å². The number of hydrogen-bond donors (Lipinski definition) is 0. The second-order valence-electron chi connectivity index (χ2n) is 5.38. The van der Waals surface area contributed by atoms with E-state index in [1.54, 1.807) is 12.1 Å². The first kappa shape index (κ1) is 14.7. The highest BCUT2D eigenvalue weighted by Crippen LogP contribution is 2.35. The number of ether oxygens (including phenoxy) is 1. The average molecular weight is 315 g/mol. The minimum absolute atomic E-state index is 0.0991. The molecule has 0 N–H and O–H groups in total. The lowest BCUT2D eigenvalue weighted by atomic mass is 9.98. The number of carbonyl (C=O) groups is 1. The van der Waals surface area contributed by atoms with Crippen LogP contribution in [0.1, 0.15) is 18.4 Å². The smallest absolute Gasteiger partial charge is 0.351 e. The number of halogens is 1. The summed E-state index contributed by atoms with van der Waals surface area (Å²) in [5, 5.41) is 9.92. The van der Waals surface area contributed by atoms with Crippen molar-refractivity contribution in [1.29, 1.82) is 5.26 Å². The first-order valence-electron chi connectivity index (χ1n) is 7.16. The largest absolute Gasteiger partial charge is 0.447 e. The zero-order chi connectivity index (χ0) is 15.7. The summed E-state index contributed by atoms with van der Waals surface area (Å²) in [6, 6.07) is 9.20. The Hall–Kier alpha value is -2.25. The molecule has 1 atom stereocenters. The van der Waals surface area contributed by atoms with Crippen LogP contribution < -0.4 is 0 Å². The highest BCUT2D eigenvalue weighted by molar-refractivity contribution is 6.30. The minimum atomic E-state index is -0.596. The molecule has 1 aromatic carbocycles. The molecule has 1 saturated heterocycles. The summed E-state index contributed by atoms with van der Waals surface area (Å²) in [5.41, 5.74) is 2.27. The Labute approximate surface area is 134 Å². The van der Waals surface area contributed by atoms with Gasteiger partial charge in [0.15, 0.2) is 11.7 Å². The maximum atomic E-state index is 12.0. The lowest BCUT2D eigenvalue weighted by molar-refractivity contribution is -0.137. The van der Waals surface area contributed by atoms with Crippen molar-refractivity contribution in [2.75, 3.05) is 13.1 Å². The van der Waals surface area contributed by atoms with Crippen LogP contribution in [0.15, 0.2) is 42.1 Å². The standard InChI is InChI=1S/C17H15ClN2O2/c1-11(12-4-6-13(18)7-5-12)16-15(20-8-2-3-9-20)14(10-19)17(21)22-16/h4-7,16H,1-3,8-9H2. The van der Waals surface area contributed by atoms with Crippen LogP contribution >= 0.6 is 11.6 Å². The Kier molecular flexibility index (Phi) is 3.91. The first-order chi connectivity index (χ1) is 10.6. The zero-order valence-corrected chi connectivity index (χ0v) is 12.8. The van der Waals surface area contributed by atoms with Gasteiger partial charge in [-0.1, -0.05) is 30.3 Å². The first-order valence-corrected chi connectivity index (χ1v) is 7.54. The summed E-state index contributed by atoms with van der Waals surface area (Å²) in [6.45, 7) is 5.74. The van der Waals surface area contributed by atoms with E-state index in [0.29, 0.717) is 16.3 Å².